The molecule has 0 spiro atoms. The zero-order chi connectivity index (χ0) is 17.0. The van der Waals surface area contributed by atoms with Gasteiger partial charge in [0.2, 0.25) is 5.91 Å². The summed E-state index contributed by atoms with van der Waals surface area (Å²) in [5, 5.41) is 9.94. The predicted molar refractivity (Wildman–Crippen MR) is 93.2 cm³/mol. The van der Waals surface area contributed by atoms with Crippen LogP contribution in [0.25, 0.3) is 0 Å². The average molecular weight is 331 g/mol. The largest absolute Gasteiger partial charge is 0.396 e. The number of hydrogen-bond acceptors (Lipinski definition) is 4. The summed E-state index contributed by atoms with van der Waals surface area (Å²) < 4.78 is 0. The van der Waals surface area contributed by atoms with Crippen LogP contribution in [-0.4, -0.2) is 59.1 Å². The lowest BCUT2D eigenvalue weighted by atomic mass is 9.76. The minimum absolute atomic E-state index is 0.0568. The topological polar surface area (TPSA) is 56.7 Å². The smallest absolute Gasteiger partial charge is 0.236 e. The van der Waals surface area contributed by atoms with E-state index in [1.165, 1.54) is 12.8 Å². The van der Waals surface area contributed by atoms with Gasteiger partial charge in [-0.05, 0) is 49.9 Å². The van der Waals surface area contributed by atoms with Crippen LogP contribution in [0.2, 0.25) is 0 Å². The number of amides is 1. The monoisotopic (exact) mass is 331 g/mol. The molecular formula is C19H29N3O2. The highest BCUT2D eigenvalue weighted by Crippen LogP contribution is 2.44. The van der Waals surface area contributed by atoms with Gasteiger partial charge in [0.25, 0.3) is 0 Å². The van der Waals surface area contributed by atoms with E-state index in [1.807, 2.05) is 29.0 Å². The number of pyridine rings is 1. The number of nitrogens with zero attached hydrogens (tertiary/aromatic N) is 3. The fourth-order valence-corrected chi connectivity index (χ4v) is 3.90. The molecule has 0 aromatic carbocycles. The molecular weight excluding hydrogens is 302 g/mol. The first-order chi connectivity index (χ1) is 11.6. The Kier molecular flexibility index (Phi) is 5.51. The van der Waals surface area contributed by atoms with Crippen molar-refractivity contribution in [3.63, 3.8) is 0 Å². The van der Waals surface area contributed by atoms with E-state index in [2.05, 4.69) is 4.98 Å². The molecule has 1 N–H and O–H groups in total. The number of aliphatic hydroxyl groups excluding tert-OH is 1. The molecule has 2 aliphatic rings. The van der Waals surface area contributed by atoms with Gasteiger partial charge < -0.3 is 10.0 Å². The zero-order valence-corrected chi connectivity index (χ0v) is 14.7. The Hall–Kier alpha value is -1.46. The summed E-state index contributed by atoms with van der Waals surface area (Å²) in [6.45, 7) is 2.93. The number of carbonyl (C=O) groups excluding carboxylic acids is 1. The standard InChI is InChI=1S/C19H29N3O2/c1-21(12-17-5-8-20-9-6-17)13-18(24)22-10-2-7-19(14-22,15-23)11-16-3-4-16/h5-6,8-9,16,23H,2-4,7,10-15H2,1H3/t19-/m1/s1. The van der Waals surface area contributed by atoms with E-state index in [0.717, 1.165) is 50.4 Å². The predicted octanol–water partition coefficient (Wildman–Crippen LogP) is 1.91. The number of piperidine rings is 1. The van der Waals surface area contributed by atoms with Crippen molar-refractivity contribution in [2.45, 2.75) is 38.6 Å². The van der Waals surface area contributed by atoms with Gasteiger partial charge in [-0.3, -0.25) is 14.7 Å². The number of likely N-dealkylation sites (N-methyl/N-ethyl adjacent to an activating group) is 1. The molecule has 1 aliphatic heterocycles. The third-order valence-corrected chi connectivity index (χ3v) is 5.38. The molecule has 1 aromatic heterocycles. The molecule has 2 fully saturated rings. The van der Waals surface area contributed by atoms with Crippen molar-refractivity contribution < 1.29 is 9.90 Å². The van der Waals surface area contributed by atoms with Crippen LogP contribution in [0.3, 0.4) is 0 Å². The van der Waals surface area contributed by atoms with Crippen molar-refractivity contribution in [2.24, 2.45) is 11.3 Å². The molecule has 1 saturated carbocycles. The van der Waals surface area contributed by atoms with Gasteiger partial charge in [0, 0.05) is 37.4 Å². The van der Waals surface area contributed by atoms with E-state index in [0.29, 0.717) is 6.54 Å². The normalized spacial score (nSPS) is 24.4. The lowest BCUT2D eigenvalue weighted by Crippen LogP contribution is -2.50. The quantitative estimate of drug-likeness (QED) is 0.829. The maximum atomic E-state index is 12.7. The van der Waals surface area contributed by atoms with Gasteiger partial charge in [0.1, 0.15) is 0 Å². The number of rotatable bonds is 7. The second-order valence-corrected chi connectivity index (χ2v) is 7.75. The van der Waals surface area contributed by atoms with Gasteiger partial charge >= 0.3 is 0 Å². The van der Waals surface area contributed by atoms with Gasteiger partial charge in [0.05, 0.1) is 13.2 Å². The maximum Gasteiger partial charge on any atom is 0.236 e. The highest BCUT2D eigenvalue weighted by Gasteiger charge is 2.40. The molecule has 3 rings (SSSR count). The molecule has 1 saturated heterocycles. The summed E-state index contributed by atoms with van der Waals surface area (Å²) in [6, 6.07) is 3.96. The molecule has 2 heterocycles. The molecule has 132 valence electrons. The average Bonchev–Trinajstić information content (AvgIpc) is 3.39. The molecule has 0 bridgehead atoms. The molecule has 1 aromatic rings. The van der Waals surface area contributed by atoms with E-state index in [9.17, 15) is 9.90 Å². The fourth-order valence-electron chi connectivity index (χ4n) is 3.90. The van der Waals surface area contributed by atoms with E-state index >= 15 is 0 Å². The van der Waals surface area contributed by atoms with E-state index < -0.39 is 0 Å². The van der Waals surface area contributed by atoms with Crippen molar-refractivity contribution in [3.8, 4) is 0 Å². The van der Waals surface area contributed by atoms with Gasteiger partial charge in [-0.15, -0.1) is 0 Å². The van der Waals surface area contributed by atoms with Gasteiger partial charge in [-0.1, -0.05) is 12.8 Å². The van der Waals surface area contributed by atoms with Crippen LogP contribution in [0.1, 0.15) is 37.7 Å². The van der Waals surface area contributed by atoms with Crippen LogP contribution in [0.15, 0.2) is 24.5 Å². The second-order valence-electron chi connectivity index (χ2n) is 7.75. The molecule has 0 radical (unpaired) electrons. The highest BCUT2D eigenvalue weighted by atomic mass is 16.3. The van der Waals surface area contributed by atoms with Crippen molar-refractivity contribution >= 4 is 5.91 Å². The number of likely N-dealkylation sites (tertiary alicyclic amines) is 1. The summed E-state index contributed by atoms with van der Waals surface area (Å²) in [7, 11) is 1.98. The summed E-state index contributed by atoms with van der Waals surface area (Å²) in [4.78, 5) is 20.7. The summed E-state index contributed by atoms with van der Waals surface area (Å²) in [5.41, 5.74) is 1.11. The number of carbonyl (C=O) groups is 1. The highest BCUT2D eigenvalue weighted by molar-refractivity contribution is 5.78. The van der Waals surface area contributed by atoms with E-state index in [4.69, 9.17) is 0 Å². The van der Waals surface area contributed by atoms with Crippen molar-refractivity contribution in [3.05, 3.63) is 30.1 Å². The Morgan fingerprint density at radius 1 is 1.42 bits per heavy atom. The molecule has 1 atom stereocenters. The van der Waals surface area contributed by atoms with Gasteiger partial charge in [-0.25, -0.2) is 0 Å². The minimum Gasteiger partial charge on any atom is -0.396 e. The second kappa shape index (κ2) is 7.62. The van der Waals surface area contributed by atoms with Gasteiger partial charge in [0.15, 0.2) is 0 Å². The van der Waals surface area contributed by atoms with E-state index in [-0.39, 0.29) is 17.9 Å². The zero-order valence-electron chi connectivity index (χ0n) is 14.7. The lowest BCUT2D eigenvalue weighted by molar-refractivity contribution is -0.136. The van der Waals surface area contributed by atoms with Crippen LogP contribution in [0, 0.1) is 11.3 Å². The van der Waals surface area contributed by atoms with Crippen LogP contribution in [0.5, 0.6) is 0 Å². The lowest BCUT2D eigenvalue weighted by Gasteiger charge is -2.42. The summed E-state index contributed by atoms with van der Waals surface area (Å²) in [5.74, 6) is 0.960. The van der Waals surface area contributed by atoms with Crippen LogP contribution < -0.4 is 0 Å². The molecule has 5 nitrogen and oxygen atoms in total. The first-order valence-corrected chi connectivity index (χ1v) is 9.06. The molecule has 24 heavy (non-hydrogen) atoms. The molecule has 1 aliphatic carbocycles. The number of aliphatic hydroxyl groups is 1. The Morgan fingerprint density at radius 3 is 2.83 bits per heavy atom. The minimum atomic E-state index is -0.0568. The summed E-state index contributed by atoms with van der Waals surface area (Å²) in [6.07, 6.45) is 9.30. The van der Waals surface area contributed by atoms with Crippen molar-refractivity contribution in [1.29, 1.82) is 0 Å². The molecule has 5 heteroatoms. The fraction of sp³-hybridized carbons (Fsp3) is 0.684. The SMILES string of the molecule is CN(CC(=O)N1CCC[C@@](CO)(CC2CC2)C1)Cc1ccncc1. The Balaban J connectivity index is 1.53. The first-order valence-electron chi connectivity index (χ1n) is 9.06. The Bertz CT molecular complexity index is 547. The maximum absolute atomic E-state index is 12.7. The molecule has 1 amide bonds. The summed E-state index contributed by atoms with van der Waals surface area (Å²) >= 11 is 0. The third-order valence-electron chi connectivity index (χ3n) is 5.38. The Labute approximate surface area is 144 Å². The molecule has 0 unspecified atom stereocenters. The Morgan fingerprint density at radius 2 is 2.17 bits per heavy atom. The van der Waals surface area contributed by atoms with Crippen molar-refractivity contribution in [1.82, 2.24) is 14.8 Å². The third kappa shape index (κ3) is 4.54. The number of aromatic nitrogens is 1. The van der Waals surface area contributed by atoms with Crippen LogP contribution in [-0.2, 0) is 11.3 Å². The number of hydrogen-bond donors (Lipinski definition) is 1. The van der Waals surface area contributed by atoms with Crippen LogP contribution in [0.4, 0.5) is 0 Å². The van der Waals surface area contributed by atoms with Crippen LogP contribution >= 0.6 is 0 Å². The van der Waals surface area contributed by atoms with Gasteiger partial charge in [-0.2, -0.15) is 0 Å². The first kappa shape index (κ1) is 17.4. The van der Waals surface area contributed by atoms with E-state index in [1.54, 1.807) is 12.4 Å². The van der Waals surface area contributed by atoms with Crippen molar-refractivity contribution in [2.75, 3.05) is 33.3 Å².